The van der Waals surface area contributed by atoms with Crippen molar-refractivity contribution in [3.8, 4) is 0 Å². The van der Waals surface area contributed by atoms with Gasteiger partial charge in [-0.25, -0.2) is 18.4 Å². The Kier molecular flexibility index (Phi) is 7.42. The van der Waals surface area contributed by atoms with Gasteiger partial charge in [0.05, 0.1) is 9.77 Å². The van der Waals surface area contributed by atoms with Gasteiger partial charge in [-0.3, -0.25) is 9.59 Å². The van der Waals surface area contributed by atoms with Crippen LogP contribution < -0.4 is 10.5 Å². The molecule has 0 saturated carbocycles. The Morgan fingerprint density at radius 1 is 1.19 bits per heavy atom. The SMILES string of the molecule is NS(=O)(=O)c1ccc(CCNC(=O)COC(=O)[C@@H]2CCCN2C(=O)c2cccs2)cc1. The van der Waals surface area contributed by atoms with Crippen LogP contribution in [0.4, 0.5) is 0 Å². The van der Waals surface area contributed by atoms with Crippen molar-refractivity contribution in [1.82, 2.24) is 10.2 Å². The second-order valence-corrected chi connectivity index (χ2v) is 9.54. The van der Waals surface area contributed by atoms with Crippen LogP contribution in [-0.4, -0.2) is 56.8 Å². The first-order chi connectivity index (χ1) is 14.8. The number of amides is 2. The van der Waals surface area contributed by atoms with Crippen LogP contribution in [0.1, 0.15) is 28.1 Å². The average molecular weight is 466 g/mol. The normalized spacial score (nSPS) is 16.2. The van der Waals surface area contributed by atoms with Crippen LogP contribution in [0.2, 0.25) is 0 Å². The third kappa shape index (κ3) is 6.12. The third-order valence-corrected chi connectivity index (χ3v) is 6.64. The summed E-state index contributed by atoms with van der Waals surface area (Å²) in [5, 5.41) is 9.49. The molecule has 1 aromatic carbocycles. The molecule has 0 spiro atoms. The Balaban J connectivity index is 1.42. The van der Waals surface area contributed by atoms with E-state index < -0.39 is 34.5 Å². The number of sulfonamides is 1. The summed E-state index contributed by atoms with van der Waals surface area (Å²) in [7, 11) is -3.74. The second kappa shape index (κ2) is 10.0. The number of hydrogen-bond acceptors (Lipinski definition) is 7. The molecule has 2 amide bonds. The van der Waals surface area contributed by atoms with Crippen molar-refractivity contribution >= 4 is 39.1 Å². The van der Waals surface area contributed by atoms with E-state index in [9.17, 15) is 22.8 Å². The van der Waals surface area contributed by atoms with Crippen LogP contribution >= 0.6 is 11.3 Å². The molecule has 1 aliphatic heterocycles. The van der Waals surface area contributed by atoms with Crippen molar-refractivity contribution in [3.05, 3.63) is 52.2 Å². The lowest BCUT2D eigenvalue weighted by Crippen LogP contribution is -2.42. The number of primary sulfonamides is 1. The summed E-state index contributed by atoms with van der Waals surface area (Å²) in [5.41, 5.74) is 0.818. The number of carbonyl (C=O) groups excluding carboxylic acids is 3. The first kappa shape index (κ1) is 22.9. The molecule has 0 radical (unpaired) electrons. The first-order valence-corrected chi connectivity index (χ1v) is 12.1. The number of rotatable bonds is 8. The molecule has 1 fully saturated rings. The Morgan fingerprint density at radius 3 is 2.58 bits per heavy atom. The summed E-state index contributed by atoms with van der Waals surface area (Å²) in [6.07, 6.45) is 1.68. The number of esters is 1. The fourth-order valence-corrected chi connectivity index (χ4v) is 4.47. The van der Waals surface area contributed by atoms with E-state index in [2.05, 4.69) is 5.32 Å². The lowest BCUT2D eigenvalue weighted by molar-refractivity contribution is -0.152. The molecule has 1 aromatic heterocycles. The van der Waals surface area contributed by atoms with Crippen molar-refractivity contribution < 1.29 is 27.5 Å². The highest BCUT2D eigenvalue weighted by Crippen LogP contribution is 2.23. The second-order valence-electron chi connectivity index (χ2n) is 7.03. The highest BCUT2D eigenvalue weighted by atomic mass is 32.2. The largest absolute Gasteiger partial charge is 0.454 e. The van der Waals surface area contributed by atoms with E-state index in [-0.39, 0.29) is 17.3 Å². The zero-order valence-electron chi connectivity index (χ0n) is 16.7. The molecule has 2 aromatic rings. The summed E-state index contributed by atoms with van der Waals surface area (Å²) < 4.78 is 27.6. The zero-order valence-corrected chi connectivity index (χ0v) is 18.3. The predicted octanol–water partition coefficient (Wildman–Crippen LogP) is 0.902. The van der Waals surface area contributed by atoms with Crippen molar-refractivity contribution in [1.29, 1.82) is 0 Å². The molecule has 31 heavy (non-hydrogen) atoms. The van der Waals surface area contributed by atoms with Crippen LogP contribution in [0, 0.1) is 0 Å². The lowest BCUT2D eigenvalue weighted by atomic mass is 10.1. The van der Waals surface area contributed by atoms with Crippen LogP contribution in [0.3, 0.4) is 0 Å². The molecular weight excluding hydrogens is 442 g/mol. The molecule has 166 valence electrons. The highest BCUT2D eigenvalue weighted by molar-refractivity contribution is 7.89. The zero-order chi connectivity index (χ0) is 22.4. The van der Waals surface area contributed by atoms with Crippen LogP contribution in [0.15, 0.2) is 46.7 Å². The van der Waals surface area contributed by atoms with E-state index in [0.717, 1.165) is 5.56 Å². The molecule has 11 heteroatoms. The third-order valence-electron chi connectivity index (χ3n) is 4.85. The van der Waals surface area contributed by atoms with E-state index in [0.29, 0.717) is 30.7 Å². The fraction of sp³-hybridized carbons (Fsp3) is 0.350. The number of ether oxygens (including phenoxy) is 1. The van der Waals surface area contributed by atoms with E-state index in [1.165, 1.54) is 28.4 Å². The van der Waals surface area contributed by atoms with Crippen molar-refractivity contribution in [2.24, 2.45) is 5.14 Å². The number of thiophene rings is 1. The van der Waals surface area contributed by atoms with Gasteiger partial charge in [0, 0.05) is 13.1 Å². The molecule has 1 atom stereocenters. The smallest absolute Gasteiger partial charge is 0.329 e. The minimum atomic E-state index is -3.74. The molecule has 0 unspecified atom stereocenters. The van der Waals surface area contributed by atoms with Gasteiger partial charge < -0.3 is 15.0 Å². The summed E-state index contributed by atoms with van der Waals surface area (Å²) >= 11 is 1.32. The molecule has 2 heterocycles. The highest BCUT2D eigenvalue weighted by Gasteiger charge is 2.36. The van der Waals surface area contributed by atoms with Crippen LogP contribution in [0.25, 0.3) is 0 Å². The number of nitrogens with zero attached hydrogens (tertiary/aromatic N) is 1. The molecule has 1 aliphatic rings. The maximum atomic E-state index is 12.5. The maximum Gasteiger partial charge on any atom is 0.329 e. The standard InChI is InChI=1S/C20H23N3O6S2/c21-31(27,28)15-7-5-14(6-8-15)9-10-22-18(24)13-29-20(26)16-3-1-11-23(16)19(25)17-4-2-12-30-17/h2,4-8,12,16H,1,3,9-11,13H2,(H,22,24)(H2,21,27,28)/t16-/m0/s1. The topological polar surface area (TPSA) is 136 Å². The summed E-state index contributed by atoms with van der Waals surface area (Å²) in [6.45, 7) is 0.338. The van der Waals surface area contributed by atoms with E-state index >= 15 is 0 Å². The minimum Gasteiger partial charge on any atom is -0.454 e. The molecule has 9 nitrogen and oxygen atoms in total. The summed E-state index contributed by atoms with van der Waals surface area (Å²) in [5.74, 6) is -1.24. The molecule has 0 aliphatic carbocycles. The molecule has 3 rings (SSSR count). The van der Waals surface area contributed by atoms with Gasteiger partial charge in [-0.1, -0.05) is 18.2 Å². The minimum absolute atomic E-state index is 0.0192. The fourth-order valence-electron chi connectivity index (χ4n) is 3.27. The summed E-state index contributed by atoms with van der Waals surface area (Å²) in [4.78, 5) is 39.0. The van der Waals surface area contributed by atoms with Crippen molar-refractivity contribution in [2.45, 2.75) is 30.2 Å². The van der Waals surface area contributed by atoms with Crippen LogP contribution in [0.5, 0.6) is 0 Å². The molecule has 3 N–H and O–H groups in total. The van der Waals surface area contributed by atoms with Crippen molar-refractivity contribution in [2.75, 3.05) is 19.7 Å². The van der Waals surface area contributed by atoms with E-state index in [1.807, 2.05) is 0 Å². The molecule has 1 saturated heterocycles. The van der Waals surface area contributed by atoms with Gasteiger partial charge in [-0.05, 0) is 48.4 Å². The number of nitrogens with two attached hydrogens (primary N) is 1. The quantitative estimate of drug-likeness (QED) is 0.556. The predicted molar refractivity (Wildman–Crippen MR) is 114 cm³/mol. The number of benzene rings is 1. The van der Waals surface area contributed by atoms with Gasteiger partial charge >= 0.3 is 5.97 Å². The number of carbonyl (C=O) groups is 3. The average Bonchev–Trinajstić information content (AvgIpc) is 3.43. The maximum absolute atomic E-state index is 12.5. The first-order valence-electron chi connectivity index (χ1n) is 9.65. The van der Waals surface area contributed by atoms with Gasteiger partial charge in [0.25, 0.3) is 11.8 Å². The number of likely N-dealkylation sites (tertiary alicyclic amines) is 1. The Hall–Kier alpha value is -2.76. The van der Waals surface area contributed by atoms with Gasteiger partial charge in [0.1, 0.15) is 6.04 Å². The molecule has 0 bridgehead atoms. The Bertz CT molecular complexity index is 1040. The number of nitrogens with one attached hydrogen (secondary N) is 1. The van der Waals surface area contributed by atoms with Crippen LogP contribution in [-0.2, 0) is 30.8 Å². The van der Waals surface area contributed by atoms with E-state index in [1.54, 1.807) is 29.6 Å². The number of hydrogen-bond donors (Lipinski definition) is 2. The summed E-state index contributed by atoms with van der Waals surface area (Å²) in [6, 6.07) is 8.85. The molecular formula is C20H23N3O6S2. The van der Waals surface area contributed by atoms with E-state index in [4.69, 9.17) is 9.88 Å². The van der Waals surface area contributed by atoms with Gasteiger partial charge in [0.15, 0.2) is 6.61 Å². The Labute approximate surface area is 184 Å². The Morgan fingerprint density at radius 2 is 1.94 bits per heavy atom. The van der Waals surface area contributed by atoms with Crippen molar-refractivity contribution in [3.63, 3.8) is 0 Å². The van der Waals surface area contributed by atoms with Gasteiger partial charge in [-0.15, -0.1) is 11.3 Å². The van der Waals surface area contributed by atoms with Gasteiger partial charge in [-0.2, -0.15) is 0 Å². The lowest BCUT2D eigenvalue weighted by Gasteiger charge is -2.22. The van der Waals surface area contributed by atoms with Gasteiger partial charge in [0.2, 0.25) is 10.0 Å². The monoisotopic (exact) mass is 465 g/mol.